The summed E-state index contributed by atoms with van der Waals surface area (Å²) in [5, 5.41) is 9.85. The molecule has 1 N–H and O–H groups in total. The first-order chi connectivity index (χ1) is 15.3. The molecule has 0 saturated carbocycles. The van der Waals surface area contributed by atoms with Crippen molar-refractivity contribution in [3.05, 3.63) is 113 Å². The van der Waals surface area contributed by atoms with Crippen LogP contribution in [0, 0.1) is 0 Å². The van der Waals surface area contributed by atoms with Crippen LogP contribution in [0.4, 0.5) is 5.69 Å². The van der Waals surface area contributed by atoms with Crippen molar-refractivity contribution in [2.24, 2.45) is 5.10 Å². The van der Waals surface area contributed by atoms with Gasteiger partial charge in [-0.2, -0.15) is 10.2 Å². The van der Waals surface area contributed by atoms with Crippen molar-refractivity contribution < 1.29 is 4.42 Å². The van der Waals surface area contributed by atoms with Gasteiger partial charge in [-0.1, -0.05) is 54.6 Å². The lowest BCUT2D eigenvalue weighted by Crippen LogP contribution is -2.05. The predicted molar refractivity (Wildman–Crippen MR) is 123 cm³/mol. The Labute approximate surface area is 178 Å². The number of nitrogens with zero attached hydrogens (tertiary/aromatic N) is 3. The molecule has 0 saturated heterocycles. The van der Waals surface area contributed by atoms with E-state index in [0.29, 0.717) is 22.4 Å². The van der Waals surface area contributed by atoms with Gasteiger partial charge in [0, 0.05) is 17.1 Å². The topological polar surface area (TPSA) is 72.4 Å². The van der Waals surface area contributed by atoms with Gasteiger partial charge in [0.2, 0.25) is 0 Å². The lowest BCUT2D eigenvalue weighted by Gasteiger charge is -2.02. The predicted octanol–water partition coefficient (Wildman–Crippen LogP) is 5.09. The highest BCUT2D eigenvalue weighted by Gasteiger charge is 2.16. The highest BCUT2D eigenvalue weighted by atomic mass is 16.4. The maximum atomic E-state index is 12.8. The monoisotopic (exact) mass is 406 g/mol. The van der Waals surface area contributed by atoms with Gasteiger partial charge in [-0.15, -0.1) is 0 Å². The van der Waals surface area contributed by atoms with Crippen molar-refractivity contribution in [2.45, 2.75) is 0 Å². The van der Waals surface area contributed by atoms with E-state index in [1.54, 1.807) is 23.0 Å². The van der Waals surface area contributed by atoms with Gasteiger partial charge in [-0.3, -0.25) is 5.43 Å². The number of anilines is 1. The molecule has 6 nitrogen and oxygen atoms in total. The highest BCUT2D eigenvalue weighted by molar-refractivity contribution is 5.91. The van der Waals surface area contributed by atoms with E-state index in [1.807, 2.05) is 85.1 Å². The lowest BCUT2D eigenvalue weighted by molar-refractivity contribution is 0.563. The Morgan fingerprint density at radius 2 is 1.61 bits per heavy atom. The van der Waals surface area contributed by atoms with Gasteiger partial charge in [0.05, 0.1) is 23.2 Å². The zero-order valence-corrected chi connectivity index (χ0v) is 16.5. The van der Waals surface area contributed by atoms with E-state index >= 15 is 0 Å². The largest absolute Gasteiger partial charge is 0.422 e. The summed E-state index contributed by atoms with van der Waals surface area (Å²) in [7, 11) is 0. The van der Waals surface area contributed by atoms with Crippen molar-refractivity contribution in [3.63, 3.8) is 0 Å². The average molecular weight is 406 g/mol. The first kappa shape index (κ1) is 18.6. The summed E-state index contributed by atoms with van der Waals surface area (Å²) in [5.41, 5.74) is 6.41. The van der Waals surface area contributed by atoms with Crippen molar-refractivity contribution in [1.29, 1.82) is 0 Å². The molecule has 0 bridgehead atoms. The minimum Gasteiger partial charge on any atom is -0.422 e. The number of nitrogens with one attached hydrogen (secondary N) is 1. The number of rotatable bonds is 5. The van der Waals surface area contributed by atoms with Crippen LogP contribution in [-0.2, 0) is 0 Å². The molecule has 2 aromatic heterocycles. The average Bonchev–Trinajstić information content (AvgIpc) is 3.24. The van der Waals surface area contributed by atoms with E-state index in [-0.39, 0.29) is 0 Å². The second-order valence-electron chi connectivity index (χ2n) is 6.93. The molecule has 31 heavy (non-hydrogen) atoms. The standard InChI is InChI=1S/C25H18N4O2/c30-25-22(15-18-9-7-8-14-23(18)31-25)24-19(16-26-27-20-10-3-1-4-11-20)17-29(28-24)21-12-5-2-6-13-21/h1-17,27H. The molecule has 0 aliphatic carbocycles. The van der Waals surface area contributed by atoms with Crippen molar-refractivity contribution >= 4 is 22.9 Å². The van der Waals surface area contributed by atoms with E-state index in [9.17, 15) is 4.79 Å². The number of fused-ring (bicyclic) bond motifs is 1. The van der Waals surface area contributed by atoms with Crippen LogP contribution >= 0.6 is 0 Å². The Morgan fingerprint density at radius 3 is 2.42 bits per heavy atom. The first-order valence-electron chi connectivity index (χ1n) is 9.80. The smallest absolute Gasteiger partial charge is 0.345 e. The normalized spacial score (nSPS) is 11.2. The van der Waals surface area contributed by atoms with Crippen LogP contribution in [0.5, 0.6) is 0 Å². The Bertz CT molecular complexity index is 1420. The molecule has 3 aromatic carbocycles. The maximum absolute atomic E-state index is 12.8. The summed E-state index contributed by atoms with van der Waals surface area (Å²) in [6.07, 6.45) is 3.50. The summed E-state index contributed by atoms with van der Waals surface area (Å²) < 4.78 is 7.26. The van der Waals surface area contributed by atoms with E-state index in [2.05, 4.69) is 15.6 Å². The number of hydrogen-bond donors (Lipinski definition) is 1. The van der Waals surface area contributed by atoms with Crippen LogP contribution in [0.1, 0.15) is 5.56 Å². The van der Waals surface area contributed by atoms with E-state index in [1.165, 1.54) is 0 Å². The molecule has 0 radical (unpaired) electrons. The van der Waals surface area contributed by atoms with Crippen LogP contribution in [0.15, 0.2) is 112 Å². The molecule has 0 aliphatic heterocycles. The molecule has 5 rings (SSSR count). The molecule has 0 amide bonds. The molecule has 5 aromatic rings. The molecule has 0 unspecified atom stereocenters. The third-order valence-corrected chi connectivity index (χ3v) is 4.83. The summed E-state index contributed by atoms with van der Waals surface area (Å²) in [4.78, 5) is 12.8. The summed E-state index contributed by atoms with van der Waals surface area (Å²) in [6.45, 7) is 0. The zero-order valence-electron chi connectivity index (χ0n) is 16.5. The van der Waals surface area contributed by atoms with Gasteiger partial charge in [0.25, 0.3) is 0 Å². The first-order valence-corrected chi connectivity index (χ1v) is 9.80. The molecule has 6 heteroatoms. The zero-order chi connectivity index (χ0) is 21.0. The fraction of sp³-hybridized carbons (Fsp3) is 0. The number of para-hydroxylation sites is 3. The minimum absolute atomic E-state index is 0.384. The second-order valence-corrected chi connectivity index (χ2v) is 6.93. The van der Waals surface area contributed by atoms with Crippen molar-refractivity contribution in [1.82, 2.24) is 9.78 Å². The summed E-state index contributed by atoms with van der Waals surface area (Å²) in [5.74, 6) is 0. The number of hydrogen-bond acceptors (Lipinski definition) is 5. The molecule has 0 fully saturated rings. The van der Waals surface area contributed by atoms with E-state index in [0.717, 1.165) is 16.8 Å². The van der Waals surface area contributed by atoms with Crippen LogP contribution in [0.3, 0.4) is 0 Å². The van der Waals surface area contributed by atoms with Crippen molar-refractivity contribution in [3.8, 4) is 16.9 Å². The van der Waals surface area contributed by atoms with Crippen LogP contribution < -0.4 is 11.1 Å². The van der Waals surface area contributed by atoms with Gasteiger partial charge in [0.1, 0.15) is 11.3 Å². The summed E-state index contributed by atoms with van der Waals surface area (Å²) >= 11 is 0. The van der Waals surface area contributed by atoms with Gasteiger partial charge in [-0.05, 0) is 36.4 Å². The van der Waals surface area contributed by atoms with Crippen molar-refractivity contribution in [2.75, 3.05) is 5.43 Å². The minimum atomic E-state index is -0.442. The van der Waals surface area contributed by atoms with Crippen LogP contribution in [0.2, 0.25) is 0 Å². The van der Waals surface area contributed by atoms with E-state index in [4.69, 9.17) is 4.42 Å². The van der Waals surface area contributed by atoms with Gasteiger partial charge in [-0.25, -0.2) is 9.48 Å². The summed E-state index contributed by atoms with van der Waals surface area (Å²) in [6, 6.07) is 28.6. The molecule has 2 heterocycles. The van der Waals surface area contributed by atoms with Crippen LogP contribution in [-0.4, -0.2) is 16.0 Å². The fourth-order valence-electron chi connectivity index (χ4n) is 3.32. The fourth-order valence-corrected chi connectivity index (χ4v) is 3.32. The Kier molecular flexibility index (Phi) is 4.86. The van der Waals surface area contributed by atoms with Gasteiger partial charge < -0.3 is 4.42 Å². The Hall–Kier alpha value is -4.45. The van der Waals surface area contributed by atoms with Crippen LogP contribution in [0.25, 0.3) is 27.9 Å². The Balaban J connectivity index is 1.60. The lowest BCUT2D eigenvalue weighted by atomic mass is 10.1. The van der Waals surface area contributed by atoms with Gasteiger partial charge in [0.15, 0.2) is 0 Å². The SMILES string of the molecule is O=c1oc2ccccc2cc1-c1nn(-c2ccccc2)cc1C=NNc1ccccc1. The number of hydrazone groups is 1. The third kappa shape index (κ3) is 3.86. The number of benzene rings is 3. The molecular formula is C25H18N4O2. The maximum Gasteiger partial charge on any atom is 0.345 e. The highest BCUT2D eigenvalue weighted by Crippen LogP contribution is 2.23. The second kappa shape index (κ2) is 8.12. The third-order valence-electron chi connectivity index (χ3n) is 4.83. The molecule has 150 valence electrons. The Morgan fingerprint density at radius 1 is 0.903 bits per heavy atom. The van der Waals surface area contributed by atoms with E-state index < -0.39 is 5.63 Å². The quantitative estimate of drug-likeness (QED) is 0.251. The molecule has 0 spiro atoms. The molecule has 0 atom stereocenters. The number of aromatic nitrogens is 2. The van der Waals surface area contributed by atoms with Gasteiger partial charge >= 0.3 is 5.63 Å². The molecular weight excluding hydrogens is 388 g/mol. The molecule has 0 aliphatic rings.